The van der Waals surface area contributed by atoms with Crippen molar-refractivity contribution in [1.82, 2.24) is 10.2 Å². The Morgan fingerprint density at radius 1 is 1.60 bits per heavy atom. The number of nitrogens with zero attached hydrogens (tertiary/aromatic N) is 1. The Labute approximate surface area is 63.6 Å². The number of rotatable bonds is 3. The highest BCUT2D eigenvalue weighted by Crippen LogP contribution is 2.10. The van der Waals surface area contributed by atoms with Gasteiger partial charge < -0.3 is 10.2 Å². The minimum atomic E-state index is 0.759. The largest absolute Gasteiger partial charge is 0.310 e. The highest BCUT2D eigenvalue weighted by Gasteiger charge is 2.24. The SMILES string of the molecule is CCN(C)CC1CC(C)N1. The van der Waals surface area contributed by atoms with Crippen LogP contribution in [0.5, 0.6) is 0 Å². The summed E-state index contributed by atoms with van der Waals surface area (Å²) >= 11 is 0. The number of nitrogens with one attached hydrogen (secondary N) is 1. The maximum Gasteiger partial charge on any atom is 0.0212 e. The summed E-state index contributed by atoms with van der Waals surface area (Å²) in [6.07, 6.45) is 1.35. The van der Waals surface area contributed by atoms with Gasteiger partial charge >= 0.3 is 0 Å². The van der Waals surface area contributed by atoms with Gasteiger partial charge in [0, 0.05) is 18.6 Å². The van der Waals surface area contributed by atoms with Crippen LogP contribution in [0.25, 0.3) is 0 Å². The lowest BCUT2D eigenvalue weighted by molar-refractivity contribution is 0.207. The average Bonchev–Trinajstić information content (AvgIpc) is 1.84. The Bertz CT molecular complexity index is 97.4. The van der Waals surface area contributed by atoms with E-state index in [0.29, 0.717) is 0 Å². The molecule has 0 saturated carbocycles. The summed E-state index contributed by atoms with van der Waals surface area (Å²) in [6.45, 7) is 6.80. The van der Waals surface area contributed by atoms with Crippen molar-refractivity contribution >= 4 is 0 Å². The molecule has 0 amide bonds. The maximum absolute atomic E-state index is 3.47. The zero-order valence-corrected chi connectivity index (χ0v) is 7.22. The van der Waals surface area contributed by atoms with Crippen LogP contribution in [-0.4, -0.2) is 37.1 Å². The van der Waals surface area contributed by atoms with E-state index in [2.05, 4.69) is 31.1 Å². The Morgan fingerprint density at radius 3 is 2.60 bits per heavy atom. The summed E-state index contributed by atoms with van der Waals surface area (Å²) in [4.78, 5) is 2.35. The Morgan fingerprint density at radius 2 is 2.20 bits per heavy atom. The quantitative estimate of drug-likeness (QED) is 0.623. The fraction of sp³-hybridized carbons (Fsp3) is 1.00. The molecule has 0 aromatic heterocycles. The van der Waals surface area contributed by atoms with Crippen LogP contribution in [0, 0.1) is 0 Å². The normalized spacial score (nSPS) is 32.4. The number of likely N-dealkylation sites (N-methyl/N-ethyl adjacent to an activating group) is 1. The van der Waals surface area contributed by atoms with Gasteiger partial charge in [-0.2, -0.15) is 0 Å². The van der Waals surface area contributed by atoms with Crippen molar-refractivity contribution in [3.8, 4) is 0 Å². The second-order valence-corrected chi connectivity index (χ2v) is 3.36. The lowest BCUT2D eigenvalue weighted by Gasteiger charge is -2.37. The summed E-state index contributed by atoms with van der Waals surface area (Å²) in [5.74, 6) is 0. The van der Waals surface area contributed by atoms with Crippen LogP contribution in [0.1, 0.15) is 20.3 Å². The van der Waals surface area contributed by atoms with Crippen molar-refractivity contribution < 1.29 is 0 Å². The summed E-state index contributed by atoms with van der Waals surface area (Å²) in [7, 11) is 2.17. The molecule has 1 N–H and O–H groups in total. The van der Waals surface area contributed by atoms with Crippen molar-refractivity contribution in [2.75, 3.05) is 20.1 Å². The highest BCUT2D eigenvalue weighted by atomic mass is 15.1. The molecule has 1 aliphatic rings. The first-order valence-corrected chi connectivity index (χ1v) is 4.17. The molecule has 0 aliphatic carbocycles. The number of hydrogen-bond acceptors (Lipinski definition) is 2. The van der Waals surface area contributed by atoms with Gasteiger partial charge in [-0.15, -0.1) is 0 Å². The van der Waals surface area contributed by atoms with E-state index in [-0.39, 0.29) is 0 Å². The molecular weight excluding hydrogens is 124 g/mol. The molecule has 2 nitrogen and oxygen atoms in total. The van der Waals surface area contributed by atoms with Crippen molar-refractivity contribution in [1.29, 1.82) is 0 Å². The topological polar surface area (TPSA) is 15.3 Å². The van der Waals surface area contributed by atoms with Gasteiger partial charge in [-0.1, -0.05) is 6.92 Å². The molecule has 0 spiro atoms. The third-order valence-electron chi connectivity index (χ3n) is 2.23. The van der Waals surface area contributed by atoms with Crippen LogP contribution in [0.3, 0.4) is 0 Å². The molecule has 2 unspecified atom stereocenters. The molecule has 0 bridgehead atoms. The highest BCUT2D eigenvalue weighted by molar-refractivity contribution is 4.86. The molecule has 0 aromatic carbocycles. The molecule has 1 rings (SSSR count). The molecule has 1 aliphatic heterocycles. The van der Waals surface area contributed by atoms with E-state index in [1.54, 1.807) is 0 Å². The minimum absolute atomic E-state index is 0.759. The van der Waals surface area contributed by atoms with Crippen LogP contribution >= 0.6 is 0 Å². The summed E-state index contributed by atoms with van der Waals surface area (Å²) < 4.78 is 0. The van der Waals surface area contributed by atoms with Crippen molar-refractivity contribution in [2.45, 2.75) is 32.4 Å². The average molecular weight is 142 g/mol. The lowest BCUT2D eigenvalue weighted by Crippen LogP contribution is -2.55. The van der Waals surface area contributed by atoms with Gasteiger partial charge in [-0.05, 0) is 26.9 Å². The predicted octanol–water partition coefficient (Wildman–Crippen LogP) is 0.689. The Balaban J connectivity index is 2.04. The molecular formula is C8H18N2. The number of hydrogen-bond donors (Lipinski definition) is 1. The molecule has 1 saturated heterocycles. The van der Waals surface area contributed by atoms with E-state index in [1.807, 2.05) is 0 Å². The molecule has 2 heteroatoms. The monoisotopic (exact) mass is 142 g/mol. The smallest absolute Gasteiger partial charge is 0.0212 e. The van der Waals surface area contributed by atoms with Crippen molar-refractivity contribution in [3.05, 3.63) is 0 Å². The van der Waals surface area contributed by atoms with Gasteiger partial charge in [0.2, 0.25) is 0 Å². The first-order valence-electron chi connectivity index (χ1n) is 4.17. The third kappa shape index (κ3) is 1.96. The van der Waals surface area contributed by atoms with Gasteiger partial charge in [0.25, 0.3) is 0 Å². The van der Waals surface area contributed by atoms with Gasteiger partial charge in [-0.3, -0.25) is 0 Å². The van der Waals surface area contributed by atoms with Crippen molar-refractivity contribution in [2.24, 2.45) is 0 Å². The van der Waals surface area contributed by atoms with E-state index in [4.69, 9.17) is 0 Å². The van der Waals surface area contributed by atoms with Crippen molar-refractivity contribution in [3.63, 3.8) is 0 Å². The van der Waals surface area contributed by atoms with Crippen LogP contribution in [0.15, 0.2) is 0 Å². The van der Waals surface area contributed by atoms with Gasteiger partial charge in [-0.25, -0.2) is 0 Å². The fourth-order valence-electron chi connectivity index (χ4n) is 1.44. The fourth-order valence-corrected chi connectivity index (χ4v) is 1.44. The standard InChI is InChI=1S/C8H18N2/c1-4-10(3)6-8-5-7(2)9-8/h7-9H,4-6H2,1-3H3. The first-order chi connectivity index (χ1) is 4.72. The predicted molar refractivity (Wildman–Crippen MR) is 44.2 cm³/mol. The molecule has 2 atom stereocenters. The Kier molecular flexibility index (Phi) is 2.69. The molecule has 0 radical (unpaired) electrons. The maximum atomic E-state index is 3.47. The van der Waals surface area contributed by atoms with E-state index >= 15 is 0 Å². The summed E-state index contributed by atoms with van der Waals surface area (Å²) in [6, 6.07) is 1.52. The van der Waals surface area contributed by atoms with Crippen LogP contribution in [-0.2, 0) is 0 Å². The molecule has 60 valence electrons. The minimum Gasteiger partial charge on any atom is -0.310 e. The van der Waals surface area contributed by atoms with E-state index in [9.17, 15) is 0 Å². The van der Waals surface area contributed by atoms with Crippen LogP contribution in [0.4, 0.5) is 0 Å². The molecule has 1 fully saturated rings. The van der Waals surface area contributed by atoms with Gasteiger partial charge in [0.1, 0.15) is 0 Å². The second-order valence-electron chi connectivity index (χ2n) is 3.36. The second kappa shape index (κ2) is 3.35. The molecule has 0 aromatic rings. The van der Waals surface area contributed by atoms with Gasteiger partial charge in [0.15, 0.2) is 0 Å². The third-order valence-corrected chi connectivity index (χ3v) is 2.23. The van der Waals surface area contributed by atoms with Crippen LogP contribution < -0.4 is 5.32 Å². The van der Waals surface area contributed by atoms with E-state index in [1.165, 1.54) is 13.0 Å². The van der Waals surface area contributed by atoms with Crippen LogP contribution in [0.2, 0.25) is 0 Å². The first kappa shape index (κ1) is 8.02. The Hall–Kier alpha value is -0.0800. The van der Waals surface area contributed by atoms with Gasteiger partial charge in [0.05, 0.1) is 0 Å². The molecule has 10 heavy (non-hydrogen) atoms. The van der Waals surface area contributed by atoms with E-state index < -0.39 is 0 Å². The molecule has 1 heterocycles. The summed E-state index contributed by atoms with van der Waals surface area (Å²) in [5, 5.41) is 3.47. The zero-order chi connectivity index (χ0) is 7.56. The zero-order valence-electron chi connectivity index (χ0n) is 7.22. The summed E-state index contributed by atoms with van der Waals surface area (Å²) in [5.41, 5.74) is 0. The lowest BCUT2D eigenvalue weighted by atomic mass is 9.98. The van der Waals surface area contributed by atoms with E-state index in [0.717, 1.165) is 18.6 Å².